The van der Waals surface area contributed by atoms with Crippen molar-refractivity contribution in [2.75, 3.05) is 18.2 Å². The summed E-state index contributed by atoms with van der Waals surface area (Å²) in [5.41, 5.74) is 13.4. The molecule has 0 aliphatic carbocycles. The van der Waals surface area contributed by atoms with Crippen molar-refractivity contribution in [1.29, 1.82) is 0 Å². The number of benzene rings is 1. The van der Waals surface area contributed by atoms with E-state index in [4.69, 9.17) is 16.2 Å². The van der Waals surface area contributed by atoms with Crippen LogP contribution in [0.3, 0.4) is 0 Å². The second kappa shape index (κ2) is 5.92. The van der Waals surface area contributed by atoms with Gasteiger partial charge in [-0.25, -0.2) is 4.98 Å². The molecule has 0 saturated heterocycles. The summed E-state index contributed by atoms with van der Waals surface area (Å²) in [6.45, 7) is 0.569. The fraction of sp³-hybridized carbons (Fsp3) is 0.143. The van der Waals surface area contributed by atoms with Gasteiger partial charge >= 0.3 is 0 Å². The first-order valence-electron chi connectivity index (χ1n) is 6.02. The summed E-state index contributed by atoms with van der Waals surface area (Å²) in [7, 11) is 1.57. The molecule has 1 heterocycles. The third-order valence-corrected chi connectivity index (χ3v) is 2.82. The molecule has 2 rings (SSSR count). The third kappa shape index (κ3) is 3.17. The third-order valence-electron chi connectivity index (χ3n) is 2.82. The molecule has 0 aliphatic rings. The maximum absolute atomic E-state index is 11.2. The minimum absolute atomic E-state index is 0.308. The number of primary amides is 1. The lowest BCUT2D eigenvalue weighted by molar-refractivity contribution is 0.100. The van der Waals surface area contributed by atoms with E-state index >= 15 is 0 Å². The zero-order chi connectivity index (χ0) is 14.5. The largest absolute Gasteiger partial charge is 0.481 e. The Bertz CT molecular complexity index is 611. The fourth-order valence-electron chi connectivity index (χ4n) is 1.72. The standard InChI is InChI=1S/C14H16N4O2/c1-20-13-5-2-9(8-18-13)7-17-10-3-4-12(15)11(6-10)14(16)19/h2-6,8,17H,7,15H2,1H3,(H2,16,19). The number of ether oxygens (including phenoxy) is 1. The molecule has 0 fully saturated rings. The molecule has 0 atom stereocenters. The Kier molecular flexibility index (Phi) is 4.05. The SMILES string of the molecule is COc1ccc(CNc2ccc(N)c(C(N)=O)c2)cn1. The van der Waals surface area contributed by atoms with Gasteiger partial charge in [-0.05, 0) is 23.8 Å². The van der Waals surface area contributed by atoms with Gasteiger partial charge in [-0.15, -0.1) is 0 Å². The number of pyridine rings is 1. The normalized spacial score (nSPS) is 10.1. The van der Waals surface area contributed by atoms with E-state index in [1.807, 2.05) is 6.07 Å². The molecule has 20 heavy (non-hydrogen) atoms. The topological polar surface area (TPSA) is 103 Å². The van der Waals surface area contributed by atoms with Crippen LogP contribution < -0.4 is 21.5 Å². The lowest BCUT2D eigenvalue weighted by atomic mass is 10.1. The van der Waals surface area contributed by atoms with Crippen molar-refractivity contribution in [3.63, 3.8) is 0 Å². The van der Waals surface area contributed by atoms with Gasteiger partial charge in [0.15, 0.2) is 0 Å². The van der Waals surface area contributed by atoms with E-state index < -0.39 is 5.91 Å². The number of nitrogens with one attached hydrogen (secondary N) is 1. The van der Waals surface area contributed by atoms with E-state index in [1.54, 1.807) is 37.6 Å². The number of nitrogens with two attached hydrogens (primary N) is 2. The van der Waals surface area contributed by atoms with Gasteiger partial charge in [0, 0.05) is 30.2 Å². The molecule has 1 aromatic heterocycles. The summed E-state index contributed by atoms with van der Waals surface area (Å²) in [5, 5.41) is 3.18. The minimum Gasteiger partial charge on any atom is -0.481 e. The highest BCUT2D eigenvalue weighted by Gasteiger charge is 2.06. The van der Waals surface area contributed by atoms with Crippen molar-refractivity contribution >= 4 is 17.3 Å². The maximum Gasteiger partial charge on any atom is 0.250 e. The smallest absolute Gasteiger partial charge is 0.250 e. The number of hydrogen-bond donors (Lipinski definition) is 3. The lowest BCUT2D eigenvalue weighted by Gasteiger charge is -2.09. The highest BCUT2D eigenvalue weighted by molar-refractivity contribution is 5.98. The number of methoxy groups -OCH3 is 1. The summed E-state index contributed by atoms with van der Waals surface area (Å²) in [6.07, 6.45) is 1.72. The zero-order valence-corrected chi connectivity index (χ0v) is 11.1. The molecular formula is C14H16N4O2. The number of nitrogen functional groups attached to an aromatic ring is 1. The van der Waals surface area contributed by atoms with Crippen LogP contribution in [0.2, 0.25) is 0 Å². The number of carbonyl (C=O) groups excluding carboxylic acids is 1. The van der Waals surface area contributed by atoms with E-state index in [1.165, 1.54) is 0 Å². The van der Waals surface area contributed by atoms with Crippen LogP contribution in [0.4, 0.5) is 11.4 Å². The van der Waals surface area contributed by atoms with Gasteiger partial charge in [-0.2, -0.15) is 0 Å². The van der Waals surface area contributed by atoms with Crippen molar-refractivity contribution in [2.45, 2.75) is 6.54 Å². The van der Waals surface area contributed by atoms with Gasteiger partial charge < -0.3 is 21.5 Å². The number of rotatable bonds is 5. The average Bonchev–Trinajstić information content (AvgIpc) is 2.46. The first kappa shape index (κ1) is 13.7. The summed E-state index contributed by atoms with van der Waals surface area (Å²) >= 11 is 0. The van der Waals surface area contributed by atoms with Crippen LogP contribution in [0.15, 0.2) is 36.5 Å². The molecule has 0 saturated carbocycles. The van der Waals surface area contributed by atoms with Crippen LogP contribution in [-0.4, -0.2) is 18.0 Å². The molecule has 1 amide bonds. The van der Waals surface area contributed by atoms with Gasteiger partial charge in [0.1, 0.15) is 0 Å². The van der Waals surface area contributed by atoms with Gasteiger partial charge in [0.2, 0.25) is 5.88 Å². The van der Waals surface area contributed by atoms with Crippen LogP contribution in [0.5, 0.6) is 5.88 Å². The Hall–Kier alpha value is -2.76. The van der Waals surface area contributed by atoms with Gasteiger partial charge in [-0.3, -0.25) is 4.79 Å². The number of anilines is 2. The molecule has 104 valence electrons. The van der Waals surface area contributed by atoms with Crippen LogP contribution in [-0.2, 0) is 6.54 Å². The lowest BCUT2D eigenvalue weighted by Crippen LogP contribution is -2.14. The van der Waals surface area contributed by atoms with E-state index in [2.05, 4.69) is 10.3 Å². The first-order chi connectivity index (χ1) is 9.60. The predicted molar refractivity (Wildman–Crippen MR) is 77.5 cm³/mol. The highest BCUT2D eigenvalue weighted by atomic mass is 16.5. The molecule has 0 unspecified atom stereocenters. The van der Waals surface area contributed by atoms with E-state index in [0.29, 0.717) is 23.7 Å². The van der Waals surface area contributed by atoms with Crippen molar-refractivity contribution < 1.29 is 9.53 Å². The number of carbonyl (C=O) groups is 1. The summed E-state index contributed by atoms with van der Waals surface area (Å²) in [4.78, 5) is 15.3. The summed E-state index contributed by atoms with van der Waals surface area (Å²) < 4.78 is 4.99. The van der Waals surface area contributed by atoms with Crippen LogP contribution >= 0.6 is 0 Å². The van der Waals surface area contributed by atoms with Crippen molar-refractivity contribution in [1.82, 2.24) is 4.98 Å². The molecule has 0 bridgehead atoms. The minimum atomic E-state index is -0.544. The van der Waals surface area contributed by atoms with Crippen molar-refractivity contribution in [3.05, 3.63) is 47.7 Å². The molecular weight excluding hydrogens is 256 g/mol. The second-order valence-corrected chi connectivity index (χ2v) is 4.23. The molecule has 2 aromatic rings. The van der Waals surface area contributed by atoms with Crippen LogP contribution in [0, 0.1) is 0 Å². The number of nitrogens with zero attached hydrogens (tertiary/aromatic N) is 1. The quantitative estimate of drug-likeness (QED) is 0.713. The second-order valence-electron chi connectivity index (χ2n) is 4.23. The maximum atomic E-state index is 11.2. The summed E-state index contributed by atoms with van der Waals surface area (Å²) in [5.74, 6) is 0.0227. The number of amides is 1. The van der Waals surface area contributed by atoms with Gasteiger partial charge in [0.25, 0.3) is 5.91 Å². The van der Waals surface area contributed by atoms with Crippen molar-refractivity contribution in [2.24, 2.45) is 5.73 Å². The molecule has 6 heteroatoms. The van der Waals surface area contributed by atoms with Crippen molar-refractivity contribution in [3.8, 4) is 5.88 Å². The Morgan fingerprint density at radius 3 is 2.75 bits per heavy atom. The molecule has 6 nitrogen and oxygen atoms in total. The Balaban J connectivity index is 2.06. The molecule has 0 radical (unpaired) electrons. The van der Waals surface area contributed by atoms with Crippen LogP contribution in [0.1, 0.15) is 15.9 Å². The van der Waals surface area contributed by atoms with E-state index in [-0.39, 0.29) is 0 Å². The monoisotopic (exact) mass is 272 g/mol. The predicted octanol–water partition coefficient (Wildman–Crippen LogP) is 1.38. The van der Waals surface area contributed by atoms with E-state index in [9.17, 15) is 4.79 Å². The Morgan fingerprint density at radius 1 is 1.35 bits per heavy atom. The number of aromatic nitrogens is 1. The zero-order valence-electron chi connectivity index (χ0n) is 11.1. The van der Waals surface area contributed by atoms with E-state index in [0.717, 1.165) is 11.3 Å². The Labute approximate surface area is 116 Å². The molecule has 1 aromatic carbocycles. The number of hydrogen-bond acceptors (Lipinski definition) is 5. The average molecular weight is 272 g/mol. The van der Waals surface area contributed by atoms with Crippen LogP contribution in [0.25, 0.3) is 0 Å². The highest BCUT2D eigenvalue weighted by Crippen LogP contribution is 2.18. The van der Waals surface area contributed by atoms with Gasteiger partial charge in [0.05, 0.1) is 12.7 Å². The molecule has 0 spiro atoms. The Morgan fingerprint density at radius 2 is 2.15 bits per heavy atom. The first-order valence-corrected chi connectivity index (χ1v) is 6.02. The molecule has 5 N–H and O–H groups in total. The van der Waals surface area contributed by atoms with Gasteiger partial charge in [-0.1, -0.05) is 6.07 Å². The fourth-order valence-corrected chi connectivity index (χ4v) is 1.72. The summed E-state index contributed by atoms with van der Waals surface area (Å²) in [6, 6.07) is 8.77. The molecule has 0 aliphatic heterocycles.